The molecule has 0 radical (unpaired) electrons. The number of hydrogen-bond acceptors (Lipinski definition) is 5. The van der Waals surface area contributed by atoms with Gasteiger partial charge in [0.05, 0.1) is 22.3 Å². The number of hydrogen-bond donors (Lipinski definition) is 4. The van der Waals surface area contributed by atoms with Crippen LogP contribution in [0.1, 0.15) is 20.7 Å². The molecule has 0 saturated heterocycles. The number of anilines is 1. The molecule has 0 aliphatic rings. The van der Waals surface area contributed by atoms with E-state index in [0.29, 0.717) is 22.3 Å². The maximum atomic E-state index is 13.1. The summed E-state index contributed by atoms with van der Waals surface area (Å²) in [4.78, 5) is 40.4. The first-order chi connectivity index (χ1) is 15.9. The van der Waals surface area contributed by atoms with E-state index in [1.165, 1.54) is 24.5 Å². The summed E-state index contributed by atoms with van der Waals surface area (Å²) in [6, 6.07) is 14.1. The Morgan fingerprint density at radius 2 is 1.88 bits per heavy atom. The molecule has 5 N–H and O–H groups in total. The molecular weight excluding hydrogens is 425 g/mol. The van der Waals surface area contributed by atoms with Crippen LogP contribution in [0.25, 0.3) is 22.3 Å². The van der Waals surface area contributed by atoms with Crippen molar-refractivity contribution in [1.82, 2.24) is 20.3 Å². The number of rotatable bonds is 5. The number of aromatic amines is 1. The Morgan fingerprint density at radius 1 is 1.09 bits per heavy atom. The Bertz CT molecular complexity index is 1380. The summed E-state index contributed by atoms with van der Waals surface area (Å²) in [6.45, 7) is 3.42. The fourth-order valence-corrected chi connectivity index (χ4v) is 3.09. The molecule has 0 fully saturated rings. The largest absolute Gasteiger partial charge is 0.369 e. The van der Waals surface area contributed by atoms with Crippen molar-refractivity contribution >= 4 is 34.8 Å². The third-order valence-electron chi connectivity index (χ3n) is 4.63. The maximum absolute atomic E-state index is 13.1. The van der Waals surface area contributed by atoms with Crippen LogP contribution in [0.3, 0.4) is 0 Å². The number of carbonyl (C=O) groups is 2. The highest BCUT2D eigenvalue weighted by atomic mass is 19.1. The van der Waals surface area contributed by atoms with Crippen molar-refractivity contribution in [3.8, 4) is 11.3 Å². The van der Waals surface area contributed by atoms with E-state index < -0.39 is 11.8 Å². The van der Waals surface area contributed by atoms with Gasteiger partial charge < -0.3 is 10.7 Å². The van der Waals surface area contributed by atoms with E-state index in [1.54, 1.807) is 42.5 Å². The second-order valence-electron chi connectivity index (χ2n) is 6.83. The van der Waals surface area contributed by atoms with Gasteiger partial charge in [-0.25, -0.2) is 14.4 Å². The number of benzene rings is 2. The summed E-state index contributed by atoms with van der Waals surface area (Å²) < 4.78 is 13.1. The van der Waals surface area contributed by atoms with Crippen LogP contribution in [0.4, 0.5) is 10.3 Å². The van der Waals surface area contributed by atoms with Crippen molar-refractivity contribution in [2.24, 2.45) is 10.7 Å². The Morgan fingerprint density at radius 3 is 2.58 bits per heavy atom. The number of aliphatic imine (C=N–C) groups is 1. The summed E-state index contributed by atoms with van der Waals surface area (Å²) in [5.41, 5.74) is 8.36. The zero-order valence-electron chi connectivity index (χ0n) is 17.2. The molecule has 33 heavy (non-hydrogen) atoms. The Balaban J connectivity index is 1.52. The summed E-state index contributed by atoms with van der Waals surface area (Å²) in [5, 5.41) is 5.09. The van der Waals surface area contributed by atoms with Crippen LogP contribution >= 0.6 is 0 Å². The highest BCUT2D eigenvalue weighted by Crippen LogP contribution is 2.20. The van der Waals surface area contributed by atoms with Crippen LogP contribution in [0.15, 0.2) is 78.6 Å². The normalized spacial score (nSPS) is 11.2. The van der Waals surface area contributed by atoms with E-state index in [1.807, 2.05) is 0 Å². The van der Waals surface area contributed by atoms with E-state index in [4.69, 9.17) is 5.73 Å². The summed E-state index contributed by atoms with van der Waals surface area (Å²) in [5.74, 6) is -1.23. The van der Waals surface area contributed by atoms with Crippen LogP contribution in [0.5, 0.6) is 0 Å². The van der Waals surface area contributed by atoms with Gasteiger partial charge in [0.1, 0.15) is 11.3 Å². The van der Waals surface area contributed by atoms with Crippen molar-refractivity contribution in [2.45, 2.75) is 0 Å². The lowest BCUT2D eigenvalue weighted by Crippen LogP contribution is -2.36. The molecule has 4 aromatic rings. The SMILES string of the molecule is C=CN=C(N)NC(=O)c1cccc2[nH]c(NC(=O)c3ccc(-c4ccc(F)cc4)nc3)nc12. The number of para-hydroxylation sites is 1. The number of aromatic nitrogens is 3. The smallest absolute Gasteiger partial charge is 0.260 e. The summed E-state index contributed by atoms with van der Waals surface area (Å²) in [7, 11) is 0. The molecule has 0 saturated carbocycles. The zero-order chi connectivity index (χ0) is 23.4. The number of halogens is 1. The Hall–Kier alpha value is -4.86. The minimum absolute atomic E-state index is 0.104. The number of H-pyrrole nitrogens is 1. The molecule has 2 aromatic heterocycles. The van der Waals surface area contributed by atoms with Gasteiger partial charge in [-0.15, -0.1) is 0 Å². The molecule has 0 spiro atoms. The number of fused-ring (bicyclic) bond motifs is 1. The number of guanidine groups is 1. The van der Waals surface area contributed by atoms with E-state index in [0.717, 1.165) is 5.56 Å². The Kier molecular flexibility index (Phi) is 5.90. The molecule has 2 amide bonds. The summed E-state index contributed by atoms with van der Waals surface area (Å²) >= 11 is 0. The van der Waals surface area contributed by atoms with E-state index in [2.05, 4.69) is 37.2 Å². The first kappa shape index (κ1) is 21.4. The monoisotopic (exact) mass is 443 g/mol. The van der Waals surface area contributed by atoms with Crippen LogP contribution in [0, 0.1) is 5.82 Å². The quantitative estimate of drug-likeness (QED) is 0.277. The van der Waals surface area contributed by atoms with Gasteiger partial charge in [0.2, 0.25) is 5.95 Å². The van der Waals surface area contributed by atoms with Gasteiger partial charge in [0, 0.05) is 18.0 Å². The molecule has 0 aliphatic heterocycles. The molecule has 164 valence electrons. The van der Waals surface area contributed by atoms with Crippen LogP contribution in [-0.2, 0) is 0 Å². The van der Waals surface area contributed by atoms with E-state index in [9.17, 15) is 14.0 Å². The highest BCUT2D eigenvalue weighted by molar-refractivity contribution is 6.12. The topological polar surface area (TPSA) is 138 Å². The molecule has 0 bridgehead atoms. The minimum Gasteiger partial charge on any atom is -0.369 e. The molecule has 2 aromatic carbocycles. The molecule has 0 aliphatic carbocycles. The third kappa shape index (κ3) is 4.74. The fraction of sp³-hybridized carbons (Fsp3) is 0. The van der Waals surface area contributed by atoms with Crippen LogP contribution in [0.2, 0.25) is 0 Å². The van der Waals surface area contributed by atoms with E-state index >= 15 is 0 Å². The minimum atomic E-state index is -0.506. The number of nitrogens with two attached hydrogens (primary N) is 1. The molecule has 0 unspecified atom stereocenters. The zero-order valence-corrected chi connectivity index (χ0v) is 17.2. The number of imidazole rings is 1. The van der Waals surface area contributed by atoms with Gasteiger partial charge >= 0.3 is 0 Å². The van der Waals surface area contributed by atoms with Gasteiger partial charge in [0.25, 0.3) is 11.8 Å². The standard InChI is InChI=1S/C23H18FN7O2/c1-2-26-22(25)30-21(33)16-4-3-5-18-19(16)29-23(28-18)31-20(32)14-8-11-17(27-12-14)13-6-9-15(24)10-7-13/h2-12H,1H2,(H3,25,26,30,33)(H2,28,29,31,32). The first-order valence-corrected chi connectivity index (χ1v) is 9.72. The average Bonchev–Trinajstić information content (AvgIpc) is 3.22. The second kappa shape index (κ2) is 9.10. The molecule has 4 rings (SSSR count). The van der Waals surface area contributed by atoms with Crippen molar-refractivity contribution in [3.05, 3.63) is 90.5 Å². The number of pyridine rings is 1. The molecular formula is C23H18FN7O2. The van der Waals surface area contributed by atoms with Gasteiger partial charge in [-0.2, -0.15) is 0 Å². The fourth-order valence-electron chi connectivity index (χ4n) is 3.09. The lowest BCUT2D eigenvalue weighted by atomic mass is 10.1. The number of carbonyl (C=O) groups excluding carboxylic acids is 2. The third-order valence-corrected chi connectivity index (χ3v) is 4.63. The Labute approximate surface area is 187 Å². The second-order valence-corrected chi connectivity index (χ2v) is 6.83. The molecule has 2 heterocycles. The van der Waals surface area contributed by atoms with Crippen molar-refractivity contribution in [1.29, 1.82) is 0 Å². The number of nitrogens with one attached hydrogen (secondary N) is 3. The maximum Gasteiger partial charge on any atom is 0.260 e. The lowest BCUT2D eigenvalue weighted by molar-refractivity contribution is 0.0976. The van der Waals surface area contributed by atoms with Gasteiger partial charge in [-0.1, -0.05) is 12.6 Å². The van der Waals surface area contributed by atoms with Crippen molar-refractivity contribution in [3.63, 3.8) is 0 Å². The molecule has 0 atom stereocenters. The van der Waals surface area contributed by atoms with E-state index in [-0.39, 0.29) is 23.3 Å². The molecule has 9 nitrogen and oxygen atoms in total. The van der Waals surface area contributed by atoms with Crippen molar-refractivity contribution < 1.29 is 14.0 Å². The molecule has 10 heteroatoms. The van der Waals surface area contributed by atoms with Crippen LogP contribution < -0.4 is 16.4 Å². The first-order valence-electron chi connectivity index (χ1n) is 9.72. The number of nitrogens with zero attached hydrogens (tertiary/aromatic N) is 3. The highest BCUT2D eigenvalue weighted by Gasteiger charge is 2.16. The number of amides is 2. The predicted octanol–water partition coefficient (Wildman–Crippen LogP) is 3.20. The van der Waals surface area contributed by atoms with Gasteiger partial charge in [-0.05, 0) is 48.5 Å². The summed E-state index contributed by atoms with van der Waals surface area (Å²) in [6.07, 6.45) is 2.62. The predicted molar refractivity (Wildman–Crippen MR) is 123 cm³/mol. The van der Waals surface area contributed by atoms with Gasteiger partial charge in [0.15, 0.2) is 5.96 Å². The average molecular weight is 443 g/mol. The van der Waals surface area contributed by atoms with Crippen LogP contribution in [-0.4, -0.2) is 32.7 Å². The lowest BCUT2D eigenvalue weighted by Gasteiger charge is -2.04. The van der Waals surface area contributed by atoms with Gasteiger partial charge in [-0.3, -0.25) is 25.2 Å². The van der Waals surface area contributed by atoms with Crippen molar-refractivity contribution in [2.75, 3.05) is 5.32 Å².